The summed E-state index contributed by atoms with van der Waals surface area (Å²) in [6.07, 6.45) is -0.608. The van der Waals surface area contributed by atoms with E-state index in [4.69, 9.17) is 9.47 Å². The Morgan fingerprint density at radius 2 is 1.80 bits per heavy atom. The molecule has 1 atom stereocenters. The highest BCUT2D eigenvalue weighted by Gasteiger charge is 2.26. The van der Waals surface area contributed by atoms with E-state index in [0.29, 0.717) is 0 Å². The second-order valence-corrected chi connectivity index (χ2v) is 4.68. The molecular formula is C15H21NO4. The summed E-state index contributed by atoms with van der Waals surface area (Å²) in [5.41, 5.74) is 0.902. The Bertz CT molecular complexity index is 431. The highest BCUT2D eigenvalue weighted by molar-refractivity contribution is 5.81. The van der Waals surface area contributed by atoms with Crippen LogP contribution in [0.1, 0.15) is 26.3 Å². The van der Waals surface area contributed by atoms with Gasteiger partial charge in [0.05, 0.1) is 6.61 Å². The van der Waals surface area contributed by atoms with Crippen LogP contribution < -0.4 is 5.32 Å². The summed E-state index contributed by atoms with van der Waals surface area (Å²) in [7, 11) is 0. The number of benzene rings is 1. The number of hydrogen-bond acceptors (Lipinski definition) is 4. The summed E-state index contributed by atoms with van der Waals surface area (Å²) in [4.78, 5) is 23.4. The van der Waals surface area contributed by atoms with Crippen molar-refractivity contribution < 1.29 is 19.1 Å². The van der Waals surface area contributed by atoms with Gasteiger partial charge in [0.15, 0.2) is 0 Å². The van der Waals surface area contributed by atoms with Crippen LogP contribution >= 0.6 is 0 Å². The van der Waals surface area contributed by atoms with Crippen molar-refractivity contribution in [3.8, 4) is 0 Å². The molecule has 0 aromatic heterocycles. The first-order valence-electron chi connectivity index (χ1n) is 6.68. The third-order valence-corrected chi connectivity index (χ3v) is 2.69. The molecule has 0 bridgehead atoms. The van der Waals surface area contributed by atoms with Gasteiger partial charge in [0.25, 0.3) is 0 Å². The average molecular weight is 279 g/mol. The van der Waals surface area contributed by atoms with E-state index in [2.05, 4.69) is 5.32 Å². The lowest BCUT2D eigenvalue weighted by molar-refractivity contribution is -0.148. The molecule has 1 N–H and O–H groups in total. The lowest BCUT2D eigenvalue weighted by Crippen LogP contribution is -2.45. The second kappa shape index (κ2) is 8.19. The Morgan fingerprint density at radius 1 is 1.15 bits per heavy atom. The van der Waals surface area contributed by atoms with Crippen LogP contribution in [0.3, 0.4) is 0 Å². The second-order valence-electron chi connectivity index (χ2n) is 4.68. The molecule has 1 rings (SSSR count). The summed E-state index contributed by atoms with van der Waals surface area (Å²) >= 11 is 0. The van der Waals surface area contributed by atoms with Gasteiger partial charge in [0.2, 0.25) is 0 Å². The van der Waals surface area contributed by atoms with E-state index in [0.717, 1.165) is 5.56 Å². The van der Waals surface area contributed by atoms with Crippen molar-refractivity contribution >= 4 is 12.1 Å². The predicted octanol–water partition coefficient (Wildman–Crippen LogP) is 2.50. The van der Waals surface area contributed by atoms with Gasteiger partial charge in [-0.2, -0.15) is 0 Å². The normalized spacial score (nSPS) is 11.8. The van der Waals surface area contributed by atoms with Crippen LogP contribution in [-0.2, 0) is 20.9 Å². The Morgan fingerprint density at radius 3 is 2.35 bits per heavy atom. The molecule has 0 spiro atoms. The molecule has 0 radical (unpaired) electrons. The van der Waals surface area contributed by atoms with Crippen LogP contribution in [0.5, 0.6) is 0 Å². The molecule has 0 saturated carbocycles. The molecular weight excluding hydrogens is 258 g/mol. The first-order valence-corrected chi connectivity index (χ1v) is 6.68. The Labute approximate surface area is 119 Å². The predicted molar refractivity (Wildman–Crippen MR) is 75.0 cm³/mol. The topological polar surface area (TPSA) is 64.6 Å². The molecule has 20 heavy (non-hydrogen) atoms. The van der Waals surface area contributed by atoms with Gasteiger partial charge in [0.1, 0.15) is 12.6 Å². The number of nitrogens with one attached hydrogen (secondary N) is 1. The molecule has 0 aliphatic carbocycles. The highest BCUT2D eigenvalue weighted by Crippen LogP contribution is 2.07. The smallest absolute Gasteiger partial charge is 0.407 e. The van der Waals surface area contributed by atoms with Crippen molar-refractivity contribution in [1.82, 2.24) is 5.32 Å². The number of rotatable bonds is 6. The van der Waals surface area contributed by atoms with Gasteiger partial charge in [-0.15, -0.1) is 0 Å². The number of amides is 1. The monoisotopic (exact) mass is 279 g/mol. The number of alkyl carbamates (subject to hydrolysis) is 1. The summed E-state index contributed by atoms with van der Waals surface area (Å²) in [5, 5.41) is 2.52. The summed E-state index contributed by atoms with van der Waals surface area (Å²) in [5.74, 6) is -0.542. The SMILES string of the molecule is CCOC(=O)N[C@H](C(=O)OCc1ccccc1)C(C)C. The molecule has 110 valence electrons. The zero-order valence-electron chi connectivity index (χ0n) is 12.1. The molecule has 0 heterocycles. The van der Waals surface area contributed by atoms with Crippen LogP contribution in [-0.4, -0.2) is 24.7 Å². The van der Waals surface area contributed by atoms with Crippen molar-refractivity contribution in [2.45, 2.75) is 33.4 Å². The third kappa shape index (κ3) is 5.30. The fourth-order valence-corrected chi connectivity index (χ4v) is 1.62. The van der Waals surface area contributed by atoms with E-state index < -0.39 is 18.1 Å². The van der Waals surface area contributed by atoms with E-state index in [1.54, 1.807) is 6.92 Å². The van der Waals surface area contributed by atoms with Gasteiger partial charge in [-0.05, 0) is 18.4 Å². The standard InChI is InChI=1S/C15H21NO4/c1-4-19-15(18)16-13(11(2)3)14(17)20-10-12-8-6-5-7-9-12/h5-9,11,13H,4,10H2,1-3H3,(H,16,18)/t13-/m0/s1. The molecule has 0 aliphatic heterocycles. The Hall–Kier alpha value is -2.04. The van der Waals surface area contributed by atoms with E-state index >= 15 is 0 Å². The number of esters is 1. The average Bonchev–Trinajstić information content (AvgIpc) is 2.43. The molecule has 0 saturated heterocycles. The first-order chi connectivity index (χ1) is 9.54. The van der Waals surface area contributed by atoms with E-state index in [1.807, 2.05) is 44.2 Å². The van der Waals surface area contributed by atoms with Gasteiger partial charge in [-0.25, -0.2) is 9.59 Å². The molecule has 1 aromatic carbocycles. The van der Waals surface area contributed by atoms with Crippen LogP contribution in [0.4, 0.5) is 4.79 Å². The fourth-order valence-electron chi connectivity index (χ4n) is 1.62. The van der Waals surface area contributed by atoms with Crippen molar-refractivity contribution in [2.24, 2.45) is 5.92 Å². The molecule has 0 fully saturated rings. The minimum atomic E-state index is -0.710. The number of carbonyl (C=O) groups is 2. The Kier molecular flexibility index (Phi) is 6.56. The van der Waals surface area contributed by atoms with Crippen molar-refractivity contribution in [3.63, 3.8) is 0 Å². The molecule has 0 aliphatic rings. The summed E-state index contributed by atoms with van der Waals surface area (Å²) < 4.78 is 10.00. The van der Waals surface area contributed by atoms with Crippen molar-refractivity contribution in [1.29, 1.82) is 0 Å². The number of carbonyl (C=O) groups excluding carboxylic acids is 2. The van der Waals surface area contributed by atoms with E-state index in [1.165, 1.54) is 0 Å². The van der Waals surface area contributed by atoms with Gasteiger partial charge < -0.3 is 14.8 Å². The lowest BCUT2D eigenvalue weighted by atomic mass is 10.1. The van der Waals surface area contributed by atoms with Gasteiger partial charge >= 0.3 is 12.1 Å². The van der Waals surface area contributed by atoms with Crippen LogP contribution in [0.25, 0.3) is 0 Å². The van der Waals surface area contributed by atoms with Crippen LogP contribution in [0.15, 0.2) is 30.3 Å². The zero-order valence-corrected chi connectivity index (χ0v) is 12.1. The highest BCUT2D eigenvalue weighted by atomic mass is 16.6. The Balaban J connectivity index is 2.54. The maximum atomic E-state index is 12.0. The van der Waals surface area contributed by atoms with Crippen molar-refractivity contribution in [3.05, 3.63) is 35.9 Å². The molecule has 1 amide bonds. The van der Waals surface area contributed by atoms with Gasteiger partial charge in [0, 0.05) is 0 Å². The zero-order chi connectivity index (χ0) is 15.0. The fraction of sp³-hybridized carbons (Fsp3) is 0.467. The van der Waals surface area contributed by atoms with E-state index in [9.17, 15) is 9.59 Å². The minimum absolute atomic E-state index is 0.0809. The first kappa shape index (κ1) is 16.0. The number of hydrogen-bond donors (Lipinski definition) is 1. The van der Waals surface area contributed by atoms with E-state index in [-0.39, 0.29) is 19.1 Å². The maximum Gasteiger partial charge on any atom is 0.407 e. The third-order valence-electron chi connectivity index (χ3n) is 2.69. The summed E-state index contributed by atoms with van der Waals surface area (Å²) in [6.45, 7) is 5.82. The minimum Gasteiger partial charge on any atom is -0.459 e. The van der Waals surface area contributed by atoms with Gasteiger partial charge in [-0.1, -0.05) is 44.2 Å². The summed E-state index contributed by atoms with van der Waals surface area (Å²) in [6, 6.07) is 8.68. The number of ether oxygens (including phenoxy) is 2. The largest absolute Gasteiger partial charge is 0.459 e. The molecule has 0 unspecified atom stereocenters. The van der Waals surface area contributed by atoms with Crippen LogP contribution in [0.2, 0.25) is 0 Å². The van der Waals surface area contributed by atoms with Gasteiger partial charge in [-0.3, -0.25) is 0 Å². The van der Waals surface area contributed by atoms with Crippen molar-refractivity contribution in [2.75, 3.05) is 6.61 Å². The molecule has 5 nitrogen and oxygen atoms in total. The quantitative estimate of drug-likeness (QED) is 0.813. The molecule has 1 aromatic rings. The molecule has 5 heteroatoms. The van der Waals surface area contributed by atoms with Crippen LogP contribution in [0, 0.1) is 5.92 Å². The maximum absolute atomic E-state index is 12.0. The lowest BCUT2D eigenvalue weighted by Gasteiger charge is -2.20.